The molecule has 1 saturated heterocycles. The summed E-state index contributed by atoms with van der Waals surface area (Å²) in [6.45, 7) is 1.11. The summed E-state index contributed by atoms with van der Waals surface area (Å²) in [5, 5.41) is 4.76. The lowest BCUT2D eigenvalue weighted by Crippen LogP contribution is -2.46. The third-order valence-corrected chi connectivity index (χ3v) is 5.97. The Kier molecular flexibility index (Phi) is 3.93. The first-order valence-corrected chi connectivity index (χ1v) is 8.57. The monoisotopic (exact) mass is 305 g/mol. The zero-order chi connectivity index (χ0) is 14.9. The molecule has 5 nitrogen and oxygen atoms in total. The van der Waals surface area contributed by atoms with E-state index in [0.717, 1.165) is 23.6 Å². The standard InChI is InChI=1S/C15H19N3O2S/c1-16-13-5-3-9-18(11-13)21(19,20)15-6-2-4-12-10-17-8-7-14(12)15/h2,4,6-8,10,13,16H,3,5,9,11H2,1H3/t13-/m1/s1. The predicted molar refractivity (Wildman–Crippen MR) is 82.6 cm³/mol. The van der Waals surface area contributed by atoms with E-state index in [-0.39, 0.29) is 6.04 Å². The molecule has 1 atom stereocenters. The van der Waals surface area contributed by atoms with Crippen LogP contribution in [0.25, 0.3) is 10.8 Å². The molecular weight excluding hydrogens is 286 g/mol. The molecule has 21 heavy (non-hydrogen) atoms. The van der Waals surface area contributed by atoms with E-state index in [9.17, 15) is 8.42 Å². The Morgan fingerprint density at radius 2 is 2.19 bits per heavy atom. The topological polar surface area (TPSA) is 62.3 Å². The summed E-state index contributed by atoms with van der Waals surface area (Å²) >= 11 is 0. The number of hydrogen-bond donors (Lipinski definition) is 1. The molecule has 1 N–H and O–H groups in total. The van der Waals surface area contributed by atoms with E-state index in [2.05, 4.69) is 10.3 Å². The molecule has 3 rings (SSSR count). The lowest BCUT2D eigenvalue weighted by molar-refractivity contribution is 0.293. The van der Waals surface area contributed by atoms with Crippen LogP contribution in [-0.4, -0.2) is 43.9 Å². The van der Waals surface area contributed by atoms with Crippen molar-refractivity contribution in [2.45, 2.75) is 23.8 Å². The van der Waals surface area contributed by atoms with Crippen molar-refractivity contribution >= 4 is 20.8 Å². The minimum Gasteiger partial charge on any atom is -0.316 e. The van der Waals surface area contributed by atoms with Crippen LogP contribution in [0.5, 0.6) is 0 Å². The molecule has 0 spiro atoms. The van der Waals surface area contributed by atoms with Gasteiger partial charge in [-0.2, -0.15) is 4.31 Å². The molecule has 1 aliphatic heterocycles. The Balaban J connectivity index is 2.04. The summed E-state index contributed by atoms with van der Waals surface area (Å²) in [5.74, 6) is 0. The SMILES string of the molecule is CN[C@@H]1CCCN(S(=O)(=O)c2cccc3cnccc23)C1. The molecule has 2 heterocycles. The molecule has 1 aromatic heterocycles. The summed E-state index contributed by atoms with van der Waals surface area (Å²) in [4.78, 5) is 4.43. The van der Waals surface area contributed by atoms with Gasteiger partial charge < -0.3 is 5.32 Å². The van der Waals surface area contributed by atoms with Crippen LogP contribution in [0, 0.1) is 0 Å². The molecular formula is C15H19N3O2S. The van der Waals surface area contributed by atoms with Crippen LogP contribution in [0.3, 0.4) is 0 Å². The van der Waals surface area contributed by atoms with Crippen LogP contribution in [-0.2, 0) is 10.0 Å². The molecule has 0 radical (unpaired) electrons. The van der Waals surface area contributed by atoms with Gasteiger partial charge in [0.25, 0.3) is 0 Å². The normalized spacial score (nSPS) is 20.7. The summed E-state index contributed by atoms with van der Waals surface area (Å²) in [5.41, 5.74) is 0. The number of piperidine rings is 1. The van der Waals surface area contributed by atoms with E-state index >= 15 is 0 Å². The Morgan fingerprint density at radius 1 is 1.33 bits per heavy atom. The van der Waals surface area contributed by atoms with E-state index < -0.39 is 10.0 Å². The molecule has 0 saturated carbocycles. The van der Waals surface area contributed by atoms with Crippen LogP contribution in [0.15, 0.2) is 41.6 Å². The van der Waals surface area contributed by atoms with Crippen molar-refractivity contribution in [3.05, 3.63) is 36.7 Å². The number of pyridine rings is 1. The van der Waals surface area contributed by atoms with E-state index in [1.807, 2.05) is 13.1 Å². The average molecular weight is 305 g/mol. The summed E-state index contributed by atoms with van der Waals surface area (Å²) < 4.78 is 27.5. The summed E-state index contributed by atoms with van der Waals surface area (Å²) in [7, 11) is -1.59. The molecule has 1 aromatic carbocycles. The van der Waals surface area contributed by atoms with Gasteiger partial charge in [-0.15, -0.1) is 0 Å². The number of hydrogen-bond acceptors (Lipinski definition) is 4. The smallest absolute Gasteiger partial charge is 0.243 e. The maximum atomic E-state index is 12.9. The van der Waals surface area contributed by atoms with Crippen LogP contribution in [0.4, 0.5) is 0 Å². The number of aromatic nitrogens is 1. The Morgan fingerprint density at radius 3 is 3.00 bits per heavy atom. The molecule has 0 bridgehead atoms. The van der Waals surface area contributed by atoms with Crippen molar-refractivity contribution in [3.63, 3.8) is 0 Å². The zero-order valence-corrected chi connectivity index (χ0v) is 12.8. The number of nitrogens with zero attached hydrogens (tertiary/aromatic N) is 2. The van der Waals surface area contributed by atoms with Gasteiger partial charge in [-0.3, -0.25) is 4.98 Å². The van der Waals surface area contributed by atoms with E-state index in [1.165, 1.54) is 0 Å². The zero-order valence-electron chi connectivity index (χ0n) is 12.0. The molecule has 0 amide bonds. The van der Waals surface area contributed by atoms with Gasteiger partial charge in [0.05, 0.1) is 4.90 Å². The quantitative estimate of drug-likeness (QED) is 0.936. The first-order valence-electron chi connectivity index (χ1n) is 7.13. The van der Waals surface area contributed by atoms with Crippen molar-refractivity contribution in [2.75, 3.05) is 20.1 Å². The van der Waals surface area contributed by atoms with Crippen LogP contribution < -0.4 is 5.32 Å². The maximum absolute atomic E-state index is 12.9. The van der Waals surface area contributed by atoms with Crippen molar-refractivity contribution < 1.29 is 8.42 Å². The third-order valence-electron chi connectivity index (χ3n) is 4.05. The predicted octanol–water partition coefficient (Wildman–Crippen LogP) is 1.61. The second kappa shape index (κ2) is 5.71. The third kappa shape index (κ3) is 2.66. The van der Waals surface area contributed by atoms with Gasteiger partial charge in [-0.05, 0) is 32.0 Å². The highest BCUT2D eigenvalue weighted by atomic mass is 32.2. The Labute approximate surface area is 125 Å². The van der Waals surface area contributed by atoms with Crippen molar-refractivity contribution in [1.29, 1.82) is 0 Å². The fourth-order valence-corrected chi connectivity index (χ4v) is 4.59. The largest absolute Gasteiger partial charge is 0.316 e. The Hall–Kier alpha value is -1.50. The lowest BCUT2D eigenvalue weighted by atomic mass is 10.1. The van der Waals surface area contributed by atoms with Crippen LogP contribution in [0.1, 0.15) is 12.8 Å². The summed E-state index contributed by atoms with van der Waals surface area (Å²) in [6.07, 6.45) is 5.23. The molecule has 6 heteroatoms. The van der Waals surface area contributed by atoms with Gasteiger partial charge in [0.2, 0.25) is 10.0 Å². The number of fused-ring (bicyclic) bond motifs is 1. The second-order valence-corrected chi connectivity index (χ2v) is 7.25. The molecule has 0 unspecified atom stereocenters. The van der Waals surface area contributed by atoms with Gasteiger partial charge in [-0.1, -0.05) is 12.1 Å². The molecule has 1 fully saturated rings. The highest BCUT2D eigenvalue weighted by Gasteiger charge is 2.30. The Bertz CT molecular complexity index is 740. The first-order chi connectivity index (χ1) is 10.1. The lowest BCUT2D eigenvalue weighted by Gasteiger charge is -2.31. The minimum atomic E-state index is -3.47. The fraction of sp³-hybridized carbons (Fsp3) is 0.400. The highest BCUT2D eigenvalue weighted by molar-refractivity contribution is 7.89. The minimum absolute atomic E-state index is 0.227. The van der Waals surface area contributed by atoms with Gasteiger partial charge in [0, 0.05) is 42.3 Å². The van der Waals surface area contributed by atoms with E-state index in [4.69, 9.17) is 0 Å². The van der Waals surface area contributed by atoms with Crippen LogP contribution in [0.2, 0.25) is 0 Å². The van der Waals surface area contributed by atoms with Crippen molar-refractivity contribution in [2.24, 2.45) is 0 Å². The molecule has 2 aromatic rings. The number of nitrogens with one attached hydrogen (secondary N) is 1. The number of likely N-dealkylation sites (N-methyl/N-ethyl adjacent to an activating group) is 1. The van der Waals surface area contributed by atoms with Crippen LogP contribution >= 0.6 is 0 Å². The first kappa shape index (κ1) is 14.4. The van der Waals surface area contributed by atoms with Gasteiger partial charge in [0.1, 0.15) is 0 Å². The number of rotatable bonds is 3. The number of benzene rings is 1. The van der Waals surface area contributed by atoms with Crippen molar-refractivity contribution in [1.82, 2.24) is 14.6 Å². The molecule has 112 valence electrons. The molecule has 0 aliphatic carbocycles. The maximum Gasteiger partial charge on any atom is 0.243 e. The average Bonchev–Trinajstić information content (AvgIpc) is 2.54. The van der Waals surface area contributed by atoms with Crippen molar-refractivity contribution in [3.8, 4) is 0 Å². The fourth-order valence-electron chi connectivity index (χ4n) is 2.85. The van der Waals surface area contributed by atoms with E-state index in [0.29, 0.717) is 18.0 Å². The van der Waals surface area contributed by atoms with E-state index in [1.54, 1.807) is 34.9 Å². The number of sulfonamides is 1. The molecule has 1 aliphatic rings. The van der Waals surface area contributed by atoms with Gasteiger partial charge >= 0.3 is 0 Å². The highest BCUT2D eigenvalue weighted by Crippen LogP contribution is 2.27. The summed E-state index contributed by atoms with van der Waals surface area (Å²) in [6, 6.07) is 7.33. The van der Waals surface area contributed by atoms with Gasteiger partial charge in [0.15, 0.2) is 0 Å². The van der Waals surface area contributed by atoms with Gasteiger partial charge in [-0.25, -0.2) is 8.42 Å². The second-order valence-electron chi connectivity index (χ2n) is 5.34.